The Morgan fingerprint density at radius 2 is 2.22 bits per heavy atom. The Labute approximate surface area is 120 Å². The Bertz CT molecular complexity index is 441. The van der Waals surface area contributed by atoms with Gasteiger partial charge in [0.15, 0.2) is 0 Å². The minimum atomic E-state index is -0.449. The number of amides is 1. The second kappa shape index (κ2) is 6.53. The van der Waals surface area contributed by atoms with E-state index >= 15 is 0 Å². The van der Waals surface area contributed by atoms with Gasteiger partial charge in [-0.1, -0.05) is 34.5 Å². The molecule has 0 bridgehead atoms. The summed E-state index contributed by atoms with van der Waals surface area (Å²) in [6.07, 6.45) is 1.62. The third-order valence-electron chi connectivity index (χ3n) is 3.02. The minimum absolute atomic E-state index is 0.129. The highest BCUT2D eigenvalue weighted by Gasteiger charge is 2.25. The van der Waals surface area contributed by atoms with Gasteiger partial charge in [0.05, 0.1) is 10.6 Å². The number of carbonyl (C=O) groups is 1. The van der Waals surface area contributed by atoms with Crippen molar-refractivity contribution in [1.82, 2.24) is 5.32 Å². The highest BCUT2D eigenvalue weighted by atomic mass is 79.9. The SMILES string of the molecule is CCC(C)(CCBr)NC(=O)c1ccc(F)cc1Cl. The van der Waals surface area contributed by atoms with Crippen LogP contribution in [0.5, 0.6) is 0 Å². The fraction of sp³-hybridized carbons (Fsp3) is 0.462. The Kier molecular flexibility index (Phi) is 5.60. The predicted octanol–water partition coefficient (Wildman–Crippen LogP) is 4.16. The lowest BCUT2D eigenvalue weighted by molar-refractivity contribution is 0.0902. The molecule has 1 aromatic rings. The van der Waals surface area contributed by atoms with Crippen LogP contribution in [-0.4, -0.2) is 16.8 Å². The van der Waals surface area contributed by atoms with Crippen molar-refractivity contribution in [3.8, 4) is 0 Å². The maximum Gasteiger partial charge on any atom is 0.253 e. The highest BCUT2D eigenvalue weighted by molar-refractivity contribution is 9.09. The minimum Gasteiger partial charge on any atom is -0.347 e. The van der Waals surface area contributed by atoms with Crippen LogP contribution in [0, 0.1) is 5.82 Å². The summed E-state index contributed by atoms with van der Waals surface area (Å²) in [7, 11) is 0. The molecule has 1 aromatic carbocycles. The van der Waals surface area contributed by atoms with Crippen LogP contribution in [0.25, 0.3) is 0 Å². The van der Waals surface area contributed by atoms with Gasteiger partial charge in [0.2, 0.25) is 0 Å². The molecule has 1 atom stereocenters. The van der Waals surface area contributed by atoms with Crippen LogP contribution in [0.1, 0.15) is 37.0 Å². The molecule has 0 aliphatic carbocycles. The fourth-order valence-electron chi connectivity index (χ4n) is 1.55. The number of rotatable bonds is 5. The van der Waals surface area contributed by atoms with Gasteiger partial charge in [0.25, 0.3) is 5.91 Å². The smallest absolute Gasteiger partial charge is 0.253 e. The van der Waals surface area contributed by atoms with Crippen LogP contribution in [0.2, 0.25) is 5.02 Å². The van der Waals surface area contributed by atoms with Crippen molar-refractivity contribution in [2.45, 2.75) is 32.2 Å². The predicted molar refractivity (Wildman–Crippen MR) is 76.0 cm³/mol. The first-order valence-corrected chi connectivity index (χ1v) is 7.25. The van der Waals surface area contributed by atoms with Crippen LogP contribution in [0.4, 0.5) is 4.39 Å². The third kappa shape index (κ3) is 3.95. The molecule has 2 nitrogen and oxygen atoms in total. The average molecular weight is 337 g/mol. The molecule has 1 rings (SSSR count). The second-order valence-corrected chi connectivity index (χ2v) is 5.63. The van der Waals surface area contributed by atoms with E-state index in [2.05, 4.69) is 21.2 Å². The molecule has 1 unspecified atom stereocenters. The summed E-state index contributed by atoms with van der Waals surface area (Å²) in [4.78, 5) is 12.1. The van der Waals surface area contributed by atoms with Gasteiger partial charge in [-0.05, 0) is 38.0 Å². The fourth-order valence-corrected chi connectivity index (χ4v) is 2.68. The summed E-state index contributed by atoms with van der Waals surface area (Å²) >= 11 is 9.23. The Morgan fingerprint density at radius 1 is 1.56 bits per heavy atom. The molecule has 0 spiro atoms. The number of hydrogen-bond acceptors (Lipinski definition) is 1. The first kappa shape index (κ1) is 15.4. The molecule has 0 fully saturated rings. The molecule has 100 valence electrons. The van der Waals surface area contributed by atoms with Crippen molar-refractivity contribution in [1.29, 1.82) is 0 Å². The van der Waals surface area contributed by atoms with Gasteiger partial charge in [0, 0.05) is 10.9 Å². The number of benzene rings is 1. The summed E-state index contributed by atoms with van der Waals surface area (Å²) in [6.45, 7) is 3.98. The summed E-state index contributed by atoms with van der Waals surface area (Å²) in [5.74, 6) is -0.722. The topological polar surface area (TPSA) is 29.1 Å². The van der Waals surface area contributed by atoms with E-state index in [9.17, 15) is 9.18 Å². The molecule has 0 radical (unpaired) electrons. The van der Waals surface area contributed by atoms with Crippen molar-refractivity contribution in [2.24, 2.45) is 0 Å². The molecule has 0 saturated carbocycles. The highest BCUT2D eigenvalue weighted by Crippen LogP contribution is 2.20. The molecule has 0 aromatic heterocycles. The zero-order valence-electron chi connectivity index (χ0n) is 10.4. The summed E-state index contributed by atoms with van der Waals surface area (Å²) in [5, 5.41) is 3.87. The Balaban J connectivity index is 2.87. The van der Waals surface area contributed by atoms with E-state index in [1.165, 1.54) is 12.1 Å². The lowest BCUT2D eigenvalue weighted by atomic mass is 9.95. The quantitative estimate of drug-likeness (QED) is 0.804. The first-order chi connectivity index (χ1) is 8.41. The molecule has 1 amide bonds. The van der Waals surface area contributed by atoms with Crippen LogP contribution in [0.3, 0.4) is 0 Å². The van der Waals surface area contributed by atoms with Gasteiger partial charge >= 0.3 is 0 Å². The number of nitrogens with one attached hydrogen (secondary N) is 1. The zero-order valence-corrected chi connectivity index (χ0v) is 12.7. The molecule has 5 heteroatoms. The lowest BCUT2D eigenvalue weighted by Crippen LogP contribution is -2.45. The van der Waals surface area contributed by atoms with E-state index in [4.69, 9.17) is 11.6 Å². The van der Waals surface area contributed by atoms with Crippen LogP contribution in [-0.2, 0) is 0 Å². The monoisotopic (exact) mass is 335 g/mol. The zero-order chi connectivity index (χ0) is 13.8. The maximum atomic E-state index is 12.9. The van der Waals surface area contributed by atoms with E-state index in [-0.39, 0.29) is 16.5 Å². The van der Waals surface area contributed by atoms with Gasteiger partial charge in [-0.25, -0.2) is 4.39 Å². The first-order valence-electron chi connectivity index (χ1n) is 5.75. The molecule has 0 aliphatic heterocycles. The number of alkyl halides is 1. The van der Waals surface area contributed by atoms with Gasteiger partial charge in [-0.2, -0.15) is 0 Å². The molecule has 0 heterocycles. The Hall–Kier alpha value is -0.610. The normalized spacial score (nSPS) is 14.1. The largest absolute Gasteiger partial charge is 0.347 e. The lowest BCUT2D eigenvalue weighted by Gasteiger charge is -2.29. The van der Waals surface area contributed by atoms with Gasteiger partial charge in [0.1, 0.15) is 5.82 Å². The van der Waals surface area contributed by atoms with Crippen molar-refractivity contribution < 1.29 is 9.18 Å². The van der Waals surface area contributed by atoms with Crippen LogP contribution >= 0.6 is 27.5 Å². The van der Waals surface area contributed by atoms with E-state index in [1.54, 1.807) is 0 Å². The van der Waals surface area contributed by atoms with Gasteiger partial charge < -0.3 is 5.32 Å². The standard InChI is InChI=1S/C13H16BrClFNO/c1-3-13(2,6-7-14)17-12(18)10-5-4-9(16)8-11(10)15/h4-5,8H,3,6-7H2,1-2H3,(H,17,18). The van der Waals surface area contributed by atoms with Gasteiger partial charge in [-0.15, -0.1) is 0 Å². The summed E-state index contributed by atoms with van der Waals surface area (Å²) < 4.78 is 12.9. The summed E-state index contributed by atoms with van der Waals surface area (Å²) in [5.41, 5.74) is 0.00508. The third-order valence-corrected chi connectivity index (χ3v) is 3.73. The van der Waals surface area contributed by atoms with Crippen LogP contribution in [0.15, 0.2) is 18.2 Å². The van der Waals surface area contributed by atoms with E-state index in [0.717, 1.165) is 24.2 Å². The van der Waals surface area contributed by atoms with Crippen molar-refractivity contribution in [2.75, 3.05) is 5.33 Å². The summed E-state index contributed by atoms with van der Waals surface area (Å²) in [6, 6.07) is 3.77. The maximum absolute atomic E-state index is 12.9. The Morgan fingerprint density at radius 3 is 2.72 bits per heavy atom. The number of hydrogen-bond donors (Lipinski definition) is 1. The van der Waals surface area contributed by atoms with Gasteiger partial charge in [-0.3, -0.25) is 4.79 Å². The molecule has 18 heavy (non-hydrogen) atoms. The molecule has 0 aliphatic rings. The van der Waals surface area contributed by atoms with Crippen molar-refractivity contribution in [3.05, 3.63) is 34.6 Å². The van der Waals surface area contributed by atoms with E-state index in [1.807, 2.05) is 13.8 Å². The molecular weight excluding hydrogens is 321 g/mol. The number of halogens is 3. The van der Waals surface area contributed by atoms with Crippen molar-refractivity contribution >= 4 is 33.4 Å². The molecule has 0 saturated heterocycles. The van der Waals surface area contributed by atoms with Crippen LogP contribution < -0.4 is 5.32 Å². The second-order valence-electron chi connectivity index (χ2n) is 4.43. The van der Waals surface area contributed by atoms with Crippen molar-refractivity contribution in [3.63, 3.8) is 0 Å². The average Bonchev–Trinajstić information content (AvgIpc) is 2.28. The molecule has 1 N–H and O–H groups in total. The van der Waals surface area contributed by atoms with E-state index < -0.39 is 5.82 Å². The number of carbonyl (C=O) groups excluding carboxylic acids is 1. The molecular formula is C13H16BrClFNO. The van der Waals surface area contributed by atoms with E-state index in [0.29, 0.717) is 5.56 Å².